The average Bonchev–Trinajstić information content (AvgIpc) is 2.97. The number of nitrogens with zero attached hydrogens (tertiary/aromatic N) is 3. The van der Waals surface area contributed by atoms with Crippen molar-refractivity contribution in [3.63, 3.8) is 0 Å². The molecule has 0 aliphatic carbocycles. The van der Waals surface area contributed by atoms with Gasteiger partial charge in [0.1, 0.15) is 5.65 Å². The number of pyridine rings is 1. The van der Waals surface area contributed by atoms with Crippen LogP contribution in [0.5, 0.6) is 0 Å². The van der Waals surface area contributed by atoms with Crippen molar-refractivity contribution in [1.29, 1.82) is 0 Å². The Morgan fingerprint density at radius 3 is 2.46 bits per heavy atom. The van der Waals surface area contributed by atoms with Crippen LogP contribution in [0.25, 0.3) is 16.7 Å². The fourth-order valence-electron chi connectivity index (χ4n) is 4.16. The first-order valence-corrected chi connectivity index (χ1v) is 10.9. The van der Waals surface area contributed by atoms with E-state index >= 15 is 0 Å². The number of benzene rings is 1. The van der Waals surface area contributed by atoms with Crippen LogP contribution in [-0.2, 0) is 0 Å². The fraction of sp³-hybridized carbons (Fsp3) is 0.417. The molecule has 4 rings (SSSR count). The first-order chi connectivity index (χ1) is 13.3. The molecule has 146 valence electrons. The predicted molar refractivity (Wildman–Crippen MR) is 122 cm³/mol. The van der Waals surface area contributed by atoms with Crippen molar-refractivity contribution < 1.29 is 0 Å². The second-order valence-electron chi connectivity index (χ2n) is 8.35. The van der Waals surface area contributed by atoms with E-state index in [1.807, 2.05) is 0 Å². The van der Waals surface area contributed by atoms with Gasteiger partial charge in [-0.2, -0.15) is 0 Å². The quantitative estimate of drug-likeness (QED) is 0.468. The molecular weight excluding hydrogens is 410 g/mol. The molecule has 2 radical (unpaired) electrons. The van der Waals surface area contributed by atoms with E-state index in [0.29, 0.717) is 11.8 Å². The summed E-state index contributed by atoms with van der Waals surface area (Å²) in [4.78, 5) is 7.41. The number of halogens is 1. The predicted octanol–water partition coefficient (Wildman–Crippen LogP) is 6.46. The lowest BCUT2D eigenvalue weighted by Gasteiger charge is -2.32. The van der Waals surface area contributed by atoms with Gasteiger partial charge in [0.25, 0.3) is 0 Å². The smallest absolute Gasteiger partial charge is 0.147 e. The minimum Gasteiger partial charge on any atom is -0.371 e. The lowest BCUT2D eigenvalue weighted by atomic mass is 9.98. The Hall–Kier alpha value is -1.81. The van der Waals surface area contributed by atoms with Crippen LogP contribution in [-0.4, -0.2) is 22.6 Å². The van der Waals surface area contributed by atoms with Gasteiger partial charge in [-0.1, -0.05) is 19.9 Å². The number of hydrogen-bond donors (Lipinski definition) is 0. The molecule has 0 unspecified atom stereocenters. The summed E-state index contributed by atoms with van der Waals surface area (Å²) < 4.78 is 3.33. The summed E-state index contributed by atoms with van der Waals surface area (Å²) >= 11 is 3.79. The van der Waals surface area contributed by atoms with Crippen molar-refractivity contribution >= 4 is 32.7 Å². The Kier molecular flexibility index (Phi) is 5.26. The second kappa shape index (κ2) is 7.55. The molecule has 0 atom stereocenters. The molecule has 1 aliphatic rings. The highest BCUT2D eigenvalue weighted by atomic mass is 79.9. The molecule has 0 bridgehead atoms. The molecule has 1 saturated heterocycles. The van der Waals surface area contributed by atoms with E-state index in [1.54, 1.807) is 0 Å². The molecule has 2 aromatic heterocycles. The van der Waals surface area contributed by atoms with E-state index in [4.69, 9.17) is 11.9 Å². The highest BCUT2D eigenvalue weighted by Gasteiger charge is 2.22. The third-order valence-corrected chi connectivity index (χ3v) is 6.47. The van der Waals surface area contributed by atoms with Crippen LogP contribution in [0.1, 0.15) is 49.4 Å². The average molecular weight is 438 g/mol. The highest BCUT2D eigenvalue weighted by molar-refractivity contribution is 9.10. The van der Waals surface area contributed by atoms with E-state index in [2.05, 4.69) is 83.6 Å². The zero-order chi connectivity index (χ0) is 20.0. The number of aromatic nitrogens is 2. The standard InChI is InChI=1S/C24H28BrN3/c1-15(2)19-6-7-21(20(25)13-19)28-14-17(4)23-22(12-18(5)26-24(23)28)27-10-8-16(3)9-11-27/h3,6-7,12-16H,8-11H2,1-2,4-5H3. The molecule has 0 spiro atoms. The van der Waals surface area contributed by atoms with Crippen molar-refractivity contribution in [1.82, 2.24) is 9.55 Å². The van der Waals surface area contributed by atoms with Crippen molar-refractivity contribution in [2.45, 2.75) is 46.5 Å². The number of anilines is 1. The molecule has 1 fully saturated rings. The van der Waals surface area contributed by atoms with Crippen LogP contribution in [0.4, 0.5) is 5.69 Å². The van der Waals surface area contributed by atoms with Crippen LogP contribution in [0.2, 0.25) is 0 Å². The zero-order valence-electron chi connectivity index (χ0n) is 17.2. The SMILES string of the molecule is [CH]C1CCN(c2cc(C)nc3c2c(C)cn3-c2ccc(C(C)C)cc2Br)CC1. The molecule has 4 heteroatoms. The van der Waals surface area contributed by atoms with E-state index in [9.17, 15) is 0 Å². The van der Waals surface area contributed by atoms with E-state index in [0.717, 1.165) is 47.4 Å². The number of hydrogen-bond acceptors (Lipinski definition) is 2. The molecule has 1 aliphatic heterocycles. The minimum atomic E-state index is 0.329. The number of aryl methyl sites for hydroxylation is 2. The molecule has 1 aromatic carbocycles. The van der Waals surface area contributed by atoms with Crippen LogP contribution >= 0.6 is 15.9 Å². The molecule has 3 nitrogen and oxygen atoms in total. The Balaban J connectivity index is 1.86. The number of rotatable bonds is 3. The summed E-state index contributed by atoms with van der Waals surface area (Å²) in [6.07, 6.45) is 4.31. The van der Waals surface area contributed by atoms with Gasteiger partial charge in [0.15, 0.2) is 0 Å². The third-order valence-electron chi connectivity index (χ3n) is 5.83. The molecule has 0 saturated carbocycles. The lowest BCUT2D eigenvalue weighted by molar-refractivity contribution is 0.476. The second-order valence-corrected chi connectivity index (χ2v) is 9.21. The monoisotopic (exact) mass is 437 g/mol. The minimum absolute atomic E-state index is 0.329. The zero-order valence-corrected chi connectivity index (χ0v) is 18.8. The van der Waals surface area contributed by atoms with Gasteiger partial charge in [0, 0.05) is 40.5 Å². The molecular formula is C24H28BrN3. The Morgan fingerprint density at radius 2 is 1.82 bits per heavy atom. The van der Waals surface area contributed by atoms with Crippen LogP contribution < -0.4 is 4.90 Å². The van der Waals surface area contributed by atoms with Gasteiger partial charge in [-0.25, -0.2) is 4.98 Å². The van der Waals surface area contributed by atoms with Gasteiger partial charge < -0.3 is 4.90 Å². The van der Waals surface area contributed by atoms with Gasteiger partial charge in [-0.05, 0) is 90.7 Å². The van der Waals surface area contributed by atoms with Crippen molar-refractivity contribution in [3.05, 3.63) is 58.7 Å². The largest absolute Gasteiger partial charge is 0.371 e. The van der Waals surface area contributed by atoms with Gasteiger partial charge in [-0.3, -0.25) is 4.57 Å². The van der Waals surface area contributed by atoms with E-state index < -0.39 is 0 Å². The molecule has 0 amide bonds. The highest BCUT2D eigenvalue weighted by Crippen LogP contribution is 2.36. The van der Waals surface area contributed by atoms with Crippen molar-refractivity contribution in [3.8, 4) is 5.69 Å². The van der Waals surface area contributed by atoms with Crippen LogP contribution in [0.3, 0.4) is 0 Å². The third kappa shape index (κ3) is 3.47. The van der Waals surface area contributed by atoms with Gasteiger partial charge in [0.2, 0.25) is 0 Å². The normalized spacial score (nSPS) is 15.8. The first-order valence-electron chi connectivity index (χ1n) is 10.1. The summed E-state index contributed by atoms with van der Waals surface area (Å²) in [6.45, 7) is 16.9. The first kappa shape index (κ1) is 19.5. The van der Waals surface area contributed by atoms with Crippen LogP contribution in [0.15, 0.2) is 34.9 Å². The Labute approximate surface area is 176 Å². The van der Waals surface area contributed by atoms with Gasteiger partial charge in [-0.15, -0.1) is 0 Å². The summed E-state index contributed by atoms with van der Waals surface area (Å²) in [7, 11) is 0. The Bertz CT molecular complexity index is 1010. The number of piperidine rings is 1. The topological polar surface area (TPSA) is 21.1 Å². The van der Waals surface area contributed by atoms with Crippen molar-refractivity contribution in [2.24, 2.45) is 5.92 Å². The van der Waals surface area contributed by atoms with Crippen LogP contribution in [0, 0.1) is 26.7 Å². The van der Waals surface area contributed by atoms with E-state index in [1.165, 1.54) is 22.2 Å². The van der Waals surface area contributed by atoms with E-state index in [-0.39, 0.29) is 0 Å². The lowest BCUT2D eigenvalue weighted by Crippen LogP contribution is -2.33. The van der Waals surface area contributed by atoms with Gasteiger partial charge in [0.05, 0.1) is 5.69 Å². The molecule has 3 aromatic rings. The Morgan fingerprint density at radius 1 is 1.11 bits per heavy atom. The maximum Gasteiger partial charge on any atom is 0.147 e. The van der Waals surface area contributed by atoms with Gasteiger partial charge >= 0.3 is 0 Å². The summed E-state index contributed by atoms with van der Waals surface area (Å²) in [5.74, 6) is 0.835. The summed E-state index contributed by atoms with van der Waals surface area (Å²) in [6, 6.07) is 8.87. The number of fused-ring (bicyclic) bond motifs is 1. The molecule has 0 N–H and O–H groups in total. The molecule has 3 heterocycles. The summed E-state index contributed by atoms with van der Waals surface area (Å²) in [5.41, 5.74) is 7.09. The summed E-state index contributed by atoms with van der Waals surface area (Å²) in [5, 5.41) is 1.25. The fourth-order valence-corrected chi connectivity index (χ4v) is 4.75. The maximum atomic E-state index is 6.13. The molecule has 28 heavy (non-hydrogen) atoms. The van der Waals surface area contributed by atoms with Crippen molar-refractivity contribution in [2.75, 3.05) is 18.0 Å². The maximum absolute atomic E-state index is 6.13.